The molecule has 0 saturated heterocycles. The van der Waals surface area contributed by atoms with Gasteiger partial charge in [-0.1, -0.05) is 39.0 Å². The van der Waals surface area contributed by atoms with Gasteiger partial charge in [0.25, 0.3) is 0 Å². The molecule has 0 bridgehead atoms. The van der Waals surface area contributed by atoms with Crippen LogP contribution in [-0.2, 0) is 0 Å². The van der Waals surface area contributed by atoms with E-state index < -0.39 is 0 Å². The molecule has 0 aliphatic rings. The molecule has 1 N–H and O–H groups in total. The van der Waals surface area contributed by atoms with Crippen molar-refractivity contribution in [1.29, 1.82) is 0 Å². The largest absolute Gasteiger partial charge is 0.494 e. The van der Waals surface area contributed by atoms with Crippen molar-refractivity contribution in [3.05, 3.63) is 30.3 Å². The third-order valence-electron chi connectivity index (χ3n) is 3.86. The first-order valence-corrected chi connectivity index (χ1v) is 7.19. The Morgan fingerprint density at radius 3 is 2.17 bits per heavy atom. The Morgan fingerprint density at radius 2 is 1.61 bits per heavy atom. The van der Waals surface area contributed by atoms with E-state index in [4.69, 9.17) is 4.74 Å². The summed E-state index contributed by atoms with van der Waals surface area (Å²) in [5, 5.41) is 3.69. The summed E-state index contributed by atoms with van der Waals surface area (Å²) < 4.78 is 5.68. The fraction of sp³-hybridized carbons (Fsp3) is 0.625. The number of benzene rings is 1. The van der Waals surface area contributed by atoms with Crippen molar-refractivity contribution >= 4 is 0 Å². The molecule has 0 fully saturated rings. The third-order valence-corrected chi connectivity index (χ3v) is 3.86. The lowest BCUT2D eigenvalue weighted by Crippen LogP contribution is -2.44. The standard InChI is InChI=1S/C16H27NO/c1-4-16(5-2,6-3)17-13-10-14-18-15-11-8-7-9-12-15/h7-9,11-12,17H,4-6,10,13-14H2,1-3H3. The maximum Gasteiger partial charge on any atom is 0.119 e. The van der Waals surface area contributed by atoms with Crippen LogP contribution in [0.25, 0.3) is 0 Å². The molecule has 0 saturated carbocycles. The molecule has 0 heterocycles. The number of para-hydroxylation sites is 1. The van der Waals surface area contributed by atoms with Crippen LogP contribution in [0.1, 0.15) is 46.5 Å². The van der Waals surface area contributed by atoms with Crippen LogP contribution >= 0.6 is 0 Å². The topological polar surface area (TPSA) is 21.3 Å². The minimum atomic E-state index is 0.326. The van der Waals surface area contributed by atoms with E-state index >= 15 is 0 Å². The lowest BCUT2D eigenvalue weighted by molar-refractivity contribution is 0.263. The highest BCUT2D eigenvalue weighted by atomic mass is 16.5. The highest BCUT2D eigenvalue weighted by molar-refractivity contribution is 5.20. The molecule has 2 nitrogen and oxygen atoms in total. The molecule has 0 spiro atoms. The van der Waals surface area contributed by atoms with E-state index in [9.17, 15) is 0 Å². The summed E-state index contributed by atoms with van der Waals surface area (Å²) in [7, 11) is 0. The first-order valence-electron chi connectivity index (χ1n) is 7.19. The van der Waals surface area contributed by atoms with Gasteiger partial charge in [0.1, 0.15) is 5.75 Å². The highest BCUT2D eigenvalue weighted by Crippen LogP contribution is 2.18. The summed E-state index contributed by atoms with van der Waals surface area (Å²) in [6, 6.07) is 10.0. The smallest absolute Gasteiger partial charge is 0.119 e. The monoisotopic (exact) mass is 249 g/mol. The zero-order valence-corrected chi connectivity index (χ0v) is 12.0. The number of hydrogen-bond acceptors (Lipinski definition) is 2. The third kappa shape index (κ3) is 4.69. The zero-order valence-electron chi connectivity index (χ0n) is 12.0. The Labute approximate surface area is 112 Å². The van der Waals surface area contributed by atoms with Crippen molar-refractivity contribution in [3.63, 3.8) is 0 Å². The minimum Gasteiger partial charge on any atom is -0.494 e. The molecular weight excluding hydrogens is 222 g/mol. The van der Waals surface area contributed by atoms with E-state index in [1.54, 1.807) is 0 Å². The van der Waals surface area contributed by atoms with Crippen LogP contribution in [0.15, 0.2) is 30.3 Å². The molecule has 1 rings (SSSR count). The van der Waals surface area contributed by atoms with E-state index in [1.807, 2.05) is 30.3 Å². The summed E-state index contributed by atoms with van der Waals surface area (Å²) >= 11 is 0. The van der Waals surface area contributed by atoms with Gasteiger partial charge < -0.3 is 10.1 Å². The average Bonchev–Trinajstić information content (AvgIpc) is 2.45. The molecule has 0 atom stereocenters. The molecule has 0 aliphatic carbocycles. The molecule has 18 heavy (non-hydrogen) atoms. The van der Waals surface area contributed by atoms with Crippen molar-refractivity contribution in [2.24, 2.45) is 0 Å². The van der Waals surface area contributed by atoms with Crippen LogP contribution < -0.4 is 10.1 Å². The molecule has 102 valence electrons. The van der Waals surface area contributed by atoms with Gasteiger partial charge in [-0.15, -0.1) is 0 Å². The summed E-state index contributed by atoms with van der Waals surface area (Å²) in [5.41, 5.74) is 0.326. The molecule has 0 unspecified atom stereocenters. The van der Waals surface area contributed by atoms with Crippen LogP contribution in [0, 0.1) is 0 Å². The van der Waals surface area contributed by atoms with Gasteiger partial charge in [0.05, 0.1) is 6.61 Å². The quantitative estimate of drug-likeness (QED) is 0.668. The van der Waals surface area contributed by atoms with E-state index in [-0.39, 0.29) is 0 Å². The van der Waals surface area contributed by atoms with Gasteiger partial charge in [-0.25, -0.2) is 0 Å². The van der Waals surface area contributed by atoms with Crippen molar-refractivity contribution in [2.75, 3.05) is 13.2 Å². The lowest BCUT2D eigenvalue weighted by atomic mass is 9.90. The Morgan fingerprint density at radius 1 is 1.00 bits per heavy atom. The van der Waals surface area contributed by atoms with E-state index in [0.717, 1.165) is 25.3 Å². The first-order chi connectivity index (χ1) is 8.76. The van der Waals surface area contributed by atoms with Crippen LogP contribution in [0.5, 0.6) is 5.75 Å². The normalized spacial score (nSPS) is 11.5. The molecule has 0 aliphatic heterocycles. The minimum absolute atomic E-state index is 0.326. The van der Waals surface area contributed by atoms with E-state index in [0.29, 0.717) is 5.54 Å². The fourth-order valence-corrected chi connectivity index (χ4v) is 2.26. The number of ether oxygens (including phenoxy) is 1. The van der Waals surface area contributed by atoms with Crippen molar-refractivity contribution in [3.8, 4) is 5.75 Å². The van der Waals surface area contributed by atoms with Crippen molar-refractivity contribution in [1.82, 2.24) is 5.32 Å². The molecule has 0 radical (unpaired) electrons. The predicted molar refractivity (Wildman–Crippen MR) is 78.2 cm³/mol. The summed E-state index contributed by atoms with van der Waals surface area (Å²) in [4.78, 5) is 0. The van der Waals surface area contributed by atoms with E-state index in [1.165, 1.54) is 19.3 Å². The van der Waals surface area contributed by atoms with Crippen LogP contribution in [0.4, 0.5) is 0 Å². The van der Waals surface area contributed by atoms with Crippen molar-refractivity contribution < 1.29 is 4.74 Å². The summed E-state index contributed by atoms with van der Waals surface area (Å²) in [5.74, 6) is 0.963. The average molecular weight is 249 g/mol. The Balaban J connectivity index is 2.18. The lowest BCUT2D eigenvalue weighted by Gasteiger charge is -2.32. The Hall–Kier alpha value is -1.02. The fourth-order valence-electron chi connectivity index (χ4n) is 2.26. The Bertz CT molecular complexity index is 298. The van der Waals surface area contributed by atoms with Crippen molar-refractivity contribution in [2.45, 2.75) is 52.0 Å². The molecular formula is C16H27NO. The predicted octanol–water partition coefficient (Wildman–Crippen LogP) is 4.01. The molecule has 1 aromatic rings. The maximum atomic E-state index is 5.68. The number of rotatable bonds is 9. The highest BCUT2D eigenvalue weighted by Gasteiger charge is 2.21. The van der Waals surface area contributed by atoms with Gasteiger partial charge in [0.2, 0.25) is 0 Å². The van der Waals surface area contributed by atoms with Crippen LogP contribution in [0.2, 0.25) is 0 Å². The SMILES string of the molecule is CCC(CC)(CC)NCCCOc1ccccc1. The van der Waals surface area contributed by atoms with Gasteiger partial charge in [-0.05, 0) is 44.4 Å². The second kappa shape index (κ2) is 8.15. The maximum absolute atomic E-state index is 5.68. The summed E-state index contributed by atoms with van der Waals surface area (Å²) in [6.45, 7) is 8.61. The second-order valence-electron chi connectivity index (χ2n) is 4.78. The molecule has 1 aromatic carbocycles. The first kappa shape index (κ1) is 15.0. The van der Waals surface area contributed by atoms with Gasteiger partial charge in [0.15, 0.2) is 0 Å². The van der Waals surface area contributed by atoms with Crippen LogP contribution in [0.3, 0.4) is 0 Å². The molecule has 0 amide bonds. The molecule has 0 aromatic heterocycles. The van der Waals surface area contributed by atoms with Gasteiger partial charge in [-0.2, -0.15) is 0 Å². The number of hydrogen-bond donors (Lipinski definition) is 1. The zero-order chi connectivity index (χ0) is 13.3. The summed E-state index contributed by atoms with van der Waals surface area (Å²) in [6.07, 6.45) is 4.63. The van der Waals surface area contributed by atoms with E-state index in [2.05, 4.69) is 26.1 Å². The second-order valence-corrected chi connectivity index (χ2v) is 4.78. The van der Waals surface area contributed by atoms with Crippen LogP contribution in [-0.4, -0.2) is 18.7 Å². The van der Waals surface area contributed by atoms with Gasteiger partial charge in [0, 0.05) is 5.54 Å². The number of nitrogens with one attached hydrogen (secondary N) is 1. The molecule has 2 heteroatoms. The Kier molecular flexibility index (Phi) is 6.81. The van der Waals surface area contributed by atoms with Gasteiger partial charge >= 0.3 is 0 Å². The van der Waals surface area contributed by atoms with Gasteiger partial charge in [-0.3, -0.25) is 0 Å².